The molecule has 0 aromatic heterocycles. The van der Waals surface area contributed by atoms with Crippen LogP contribution in [0.4, 0.5) is 5.69 Å². The Morgan fingerprint density at radius 1 is 1.04 bits per heavy atom. The van der Waals surface area contributed by atoms with Crippen molar-refractivity contribution in [2.24, 2.45) is 0 Å². The van der Waals surface area contributed by atoms with Gasteiger partial charge in [0.2, 0.25) is 5.91 Å². The van der Waals surface area contributed by atoms with Gasteiger partial charge in [0.25, 0.3) is 0 Å². The number of carbonyl (C=O) groups is 1. The normalized spacial score (nSPS) is 15.4. The van der Waals surface area contributed by atoms with Crippen molar-refractivity contribution in [1.82, 2.24) is 4.90 Å². The van der Waals surface area contributed by atoms with Gasteiger partial charge in [0.1, 0.15) is 0 Å². The summed E-state index contributed by atoms with van der Waals surface area (Å²) in [5, 5.41) is 2.99. The van der Waals surface area contributed by atoms with Crippen LogP contribution in [0.5, 0.6) is 0 Å². The predicted molar refractivity (Wildman–Crippen MR) is 117 cm³/mol. The number of benzene rings is 2. The minimum atomic E-state index is 0.0193. The predicted octanol–water partition coefficient (Wildman–Crippen LogP) is 4.55. The second-order valence-corrected chi connectivity index (χ2v) is 9.25. The van der Waals surface area contributed by atoms with E-state index in [1.54, 1.807) is 11.8 Å². The summed E-state index contributed by atoms with van der Waals surface area (Å²) in [7, 11) is 0. The number of carbonyl (C=O) groups excluding carboxylic acids is 1. The van der Waals surface area contributed by atoms with Crippen LogP contribution in [0, 0.1) is 0 Å². The second-order valence-electron chi connectivity index (χ2n) is 8.20. The summed E-state index contributed by atoms with van der Waals surface area (Å²) >= 11 is 1.56. The van der Waals surface area contributed by atoms with Crippen LogP contribution in [-0.4, -0.2) is 42.9 Å². The first-order valence-corrected chi connectivity index (χ1v) is 10.8. The zero-order chi connectivity index (χ0) is 20.0. The highest BCUT2D eigenvalue weighted by Crippen LogP contribution is 2.25. The van der Waals surface area contributed by atoms with Crippen molar-refractivity contribution in [1.29, 1.82) is 0 Å². The molecule has 4 nitrogen and oxygen atoms in total. The van der Waals surface area contributed by atoms with E-state index in [4.69, 9.17) is 4.74 Å². The number of amides is 1. The second kappa shape index (κ2) is 9.59. The molecule has 1 heterocycles. The Labute approximate surface area is 172 Å². The molecule has 0 spiro atoms. The van der Waals surface area contributed by atoms with Crippen molar-refractivity contribution < 1.29 is 9.53 Å². The molecule has 2 aromatic rings. The van der Waals surface area contributed by atoms with Crippen LogP contribution in [0.15, 0.2) is 53.4 Å². The van der Waals surface area contributed by atoms with Crippen molar-refractivity contribution in [2.75, 3.05) is 37.4 Å². The van der Waals surface area contributed by atoms with Gasteiger partial charge in [-0.15, -0.1) is 11.8 Å². The maximum Gasteiger partial charge on any atom is 0.234 e. The van der Waals surface area contributed by atoms with Crippen LogP contribution in [0.2, 0.25) is 0 Å². The number of hydrogen-bond acceptors (Lipinski definition) is 4. The molecule has 0 bridgehead atoms. The van der Waals surface area contributed by atoms with E-state index in [2.05, 4.69) is 67.4 Å². The molecule has 1 saturated heterocycles. The first kappa shape index (κ1) is 20.9. The monoisotopic (exact) mass is 398 g/mol. The number of nitrogens with zero attached hydrogens (tertiary/aromatic N) is 1. The standard InChI is InChI=1S/C23H30N2O2S/c1-23(2,3)19-6-10-21(11-7-19)28-17-22(26)24-20-8-4-18(5-9-20)16-25-12-14-27-15-13-25/h4-11H,12-17H2,1-3H3,(H,24,26). The highest BCUT2D eigenvalue weighted by atomic mass is 32.2. The van der Waals surface area contributed by atoms with Crippen molar-refractivity contribution >= 4 is 23.4 Å². The number of ether oxygens (including phenoxy) is 1. The molecule has 0 atom stereocenters. The zero-order valence-electron chi connectivity index (χ0n) is 17.0. The summed E-state index contributed by atoms with van der Waals surface area (Å²) in [4.78, 5) is 15.8. The highest BCUT2D eigenvalue weighted by molar-refractivity contribution is 8.00. The Balaban J connectivity index is 1.45. The Morgan fingerprint density at radius 2 is 1.68 bits per heavy atom. The van der Waals surface area contributed by atoms with E-state index in [1.165, 1.54) is 11.1 Å². The van der Waals surface area contributed by atoms with Crippen LogP contribution < -0.4 is 5.32 Å². The Morgan fingerprint density at radius 3 is 2.29 bits per heavy atom. The van der Waals surface area contributed by atoms with Crippen molar-refractivity contribution in [3.63, 3.8) is 0 Å². The van der Waals surface area contributed by atoms with Gasteiger partial charge in [-0.25, -0.2) is 0 Å². The average molecular weight is 399 g/mol. The van der Waals surface area contributed by atoms with Crippen LogP contribution in [-0.2, 0) is 21.5 Å². The Bertz CT molecular complexity index is 761. The van der Waals surface area contributed by atoms with Gasteiger partial charge in [-0.3, -0.25) is 9.69 Å². The lowest BCUT2D eigenvalue weighted by molar-refractivity contribution is -0.113. The van der Waals surface area contributed by atoms with Gasteiger partial charge in [0.05, 0.1) is 19.0 Å². The number of rotatable bonds is 6. The maximum atomic E-state index is 12.3. The van der Waals surface area contributed by atoms with E-state index in [1.807, 2.05) is 12.1 Å². The number of thioether (sulfide) groups is 1. The molecule has 28 heavy (non-hydrogen) atoms. The molecule has 1 amide bonds. The fourth-order valence-electron chi connectivity index (χ4n) is 3.11. The molecule has 0 saturated carbocycles. The van der Waals surface area contributed by atoms with E-state index in [9.17, 15) is 4.79 Å². The lowest BCUT2D eigenvalue weighted by atomic mass is 9.87. The van der Waals surface area contributed by atoms with Gasteiger partial charge >= 0.3 is 0 Å². The first-order valence-electron chi connectivity index (χ1n) is 9.82. The molecule has 1 aliphatic heterocycles. The topological polar surface area (TPSA) is 41.6 Å². The van der Waals surface area contributed by atoms with Crippen molar-refractivity contribution in [3.05, 3.63) is 59.7 Å². The van der Waals surface area contributed by atoms with Gasteiger partial charge in [0, 0.05) is 30.2 Å². The minimum absolute atomic E-state index is 0.0193. The van der Waals surface area contributed by atoms with Gasteiger partial charge in [-0.1, -0.05) is 45.0 Å². The molecule has 150 valence electrons. The fourth-order valence-corrected chi connectivity index (χ4v) is 3.81. The number of morpholine rings is 1. The summed E-state index contributed by atoms with van der Waals surface area (Å²) in [6, 6.07) is 16.6. The molecule has 0 unspecified atom stereocenters. The lowest BCUT2D eigenvalue weighted by Crippen LogP contribution is -2.35. The number of nitrogens with one attached hydrogen (secondary N) is 1. The molecule has 0 radical (unpaired) electrons. The number of anilines is 1. The quantitative estimate of drug-likeness (QED) is 0.725. The largest absolute Gasteiger partial charge is 0.379 e. The van der Waals surface area contributed by atoms with Crippen LogP contribution in [0.25, 0.3) is 0 Å². The van der Waals surface area contributed by atoms with Crippen LogP contribution in [0.3, 0.4) is 0 Å². The fraction of sp³-hybridized carbons (Fsp3) is 0.435. The summed E-state index contributed by atoms with van der Waals surface area (Å²) in [5.74, 6) is 0.426. The van der Waals surface area contributed by atoms with E-state index in [0.717, 1.165) is 43.4 Å². The van der Waals surface area contributed by atoms with Gasteiger partial charge in [-0.2, -0.15) is 0 Å². The third kappa shape index (κ3) is 6.36. The molecule has 1 aliphatic rings. The maximum absolute atomic E-state index is 12.3. The van der Waals surface area contributed by atoms with Gasteiger partial charge in [-0.05, 0) is 40.8 Å². The van der Waals surface area contributed by atoms with Gasteiger partial charge in [0.15, 0.2) is 0 Å². The SMILES string of the molecule is CC(C)(C)c1ccc(SCC(=O)Nc2ccc(CN3CCOCC3)cc2)cc1. The molecule has 1 fully saturated rings. The Kier molecular flexibility index (Phi) is 7.16. The van der Waals surface area contributed by atoms with Crippen molar-refractivity contribution in [2.45, 2.75) is 37.6 Å². The molecule has 0 aliphatic carbocycles. The summed E-state index contributed by atoms with van der Waals surface area (Å²) < 4.78 is 5.38. The molecule has 1 N–H and O–H groups in total. The lowest BCUT2D eigenvalue weighted by Gasteiger charge is -2.26. The van der Waals surface area contributed by atoms with Crippen molar-refractivity contribution in [3.8, 4) is 0 Å². The van der Waals surface area contributed by atoms with E-state index in [-0.39, 0.29) is 11.3 Å². The number of hydrogen-bond donors (Lipinski definition) is 1. The zero-order valence-corrected chi connectivity index (χ0v) is 17.8. The smallest absolute Gasteiger partial charge is 0.234 e. The van der Waals surface area contributed by atoms with E-state index >= 15 is 0 Å². The third-order valence-corrected chi connectivity index (χ3v) is 5.85. The summed E-state index contributed by atoms with van der Waals surface area (Å²) in [6.45, 7) is 11.1. The van der Waals surface area contributed by atoms with Crippen LogP contribution >= 0.6 is 11.8 Å². The van der Waals surface area contributed by atoms with Crippen LogP contribution in [0.1, 0.15) is 31.9 Å². The summed E-state index contributed by atoms with van der Waals surface area (Å²) in [5.41, 5.74) is 3.56. The van der Waals surface area contributed by atoms with E-state index < -0.39 is 0 Å². The molecular weight excluding hydrogens is 368 g/mol. The third-order valence-electron chi connectivity index (χ3n) is 4.84. The highest BCUT2D eigenvalue weighted by Gasteiger charge is 2.13. The molecule has 3 rings (SSSR count). The Hall–Kier alpha value is -1.82. The minimum Gasteiger partial charge on any atom is -0.379 e. The van der Waals surface area contributed by atoms with E-state index in [0.29, 0.717) is 5.75 Å². The molecule has 2 aromatic carbocycles. The van der Waals surface area contributed by atoms with Gasteiger partial charge < -0.3 is 10.1 Å². The average Bonchev–Trinajstić information content (AvgIpc) is 2.68. The molecule has 5 heteroatoms. The summed E-state index contributed by atoms with van der Waals surface area (Å²) in [6.07, 6.45) is 0. The molecular formula is C23H30N2O2S. The first-order chi connectivity index (χ1) is 13.4.